The molecule has 3 aromatic rings. The second kappa shape index (κ2) is 8.71. The number of hydrogen-bond donors (Lipinski definition) is 0. The van der Waals surface area contributed by atoms with Crippen molar-refractivity contribution in [1.82, 2.24) is 14.9 Å². The number of non-ortho nitro benzene ring substituents is 1. The topological polar surface area (TPSA) is 72.2 Å². The molecule has 6 nitrogen and oxygen atoms in total. The number of aryl methyl sites for hydroxylation is 1. The van der Waals surface area contributed by atoms with Crippen molar-refractivity contribution in [3.63, 3.8) is 0 Å². The molecule has 0 unspecified atom stereocenters. The van der Waals surface area contributed by atoms with Crippen molar-refractivity contribution >= 4 is 17.4 Å². The number of thioether (sulfide) groups is 1. The Morgan fingerprint density at radius 3 is 2.48 bits per heavy atom. The van der Waals surface area contributed by atoms with Gasteiger partial charge in [0.1, 0.15) is 0 Å². The van der Waals surface area contributed by atoms with E-state index in [1.165, 1.54) is 6.07 Å². The zero-order valence-electron chi connectivity index (χ0n) is 16.2. The van der Waals surface area contributed by atoms with E-state index in [4.69, 9.17) is 9.97 Å². The summed E-state index contributed by atoms with van der Waals surface area (Å²) in [7, 11) is 0. The largest absolute Gasteiger partial charge is 0.297 e. The molecule has 0 N–H and O–H groups in total. The number of aromatic nitrogens is 2. The van der Waals surface area contributed by atoms with Crippen LogP contribution in [0.4, 0.5) is 5.69 Å². The van der Waals surface area contributed by atoms with Crippen LogP contribution < -0.4 is 0 Å². The molecule has 0 radical (unpaired) electrons. The lowest BCUT2D eigenvalue weighted by molar-refractivity contribution is -0.384. The lowest BCUT2D eigenvalue weighted by Crippen LogP contribution is -2.32. The molecule has 0 aliphatic carbocycles. The molecule has 0 saturated carbocycles. The summed E-state index contributed by atoms with van der Waals surface area (Å²) in [5.41, 5.74) is 4.49. The van der Waals surface area contributed by atoms with Crippen molar-refractivity contribution in [2.75, 3.05) is 24.6 Å². The van der Waals surface area contributed by atoms with E-state index in [1.807, 2.05) is 55.1 Å². The van der Waals surface area contributed by atoms with Crippen LogP contribution in [0.3, 0.4) is 0 Å². The fraction of sp³-hybridized carbons (Fsp3) is 0.273. The van der Waals surface area contributed by atoms with Crippen LogP contribution in [0, 0.1) is 17.0 Å². The minimum Gasteiger partial charge on any atom is -0.297 e. The predicted molar refractivity (Wildman–Crippen MR) is 117 cm³/mol. The van der Waals surface area contributed by atoms with E-state index >= 15 is 0 Å². The lowest BCUT2D eigenvalue weighted by Gasteiger charge is -2.27. The van der Waals surface area contributed by atoms with Gasteiger partial charge < -0.3 is 0 Å². The summed E-state index contributed by atoms with van der Waals surface area (Å²) >= 11 is 1.97. The SMILES string of the molecule is Cc1nc(-c2ccccc2)nc(-c2cccc([N+](=O)[O-])c2)c1CN1CCSCC1. The highest BCUT2D eigenvalue weighted by molar-refractivity contribution is 7.99. The second-order valence-electron chi connectivity index (χ2n) is 7.02. The monoisotopic (exact) mass is 406 g/mol. The molecule has 1 aromatic heterocycles. The van der Waals surface area contributed by atoms with Crippen molar-refractivity contribution in [3.05, 3.63) is 76.0 Å². The Kier molecular flexibility index (Phi) is 5.87. The summed E-state index contributed by atoms with van der Waals surface area (Å²) in [5, 5.41) is 11.3. The third-order valence-electron chi connectivity index (χ3n) is 5.06. The standard InChI is InChI=1S/C22H22N4O2S/c1-16-20(15-25-10-12-29-13-11-25)21(18-8-5-9-19(14-18)26(27)28)24-22(23-16)17-6-3-2-4-7-17/h2-9,14H,10-13,15H2,1H3. The molecule has 1 fully saturated rings. The fourth-order valence-electron chi connectivity index (χ4n) is 3.49. The highest BCUT2D eigenvalue weighted by atomic mass is 32.2. The Morgan fingerprint density at radius 1 is 1.03 bits per heavy atom. The molecule has 4 rings (SSSR count). The highest BCUT2D eigenvalue weighted by Crippen LogP contribution is 2.30. The van der Waals surface area contributed by atoms with Gasteiger partial charge in [0.25, 0.3) is 5.69 Å². The number of nitro groups is 1. The quantitative estimate of drug-likeness (QED) is 0.456. The maximum Gasteiger partial charge on any atom is 0.270 e. The molecule has 148 valence electrons. The maximum absolute atomic E-state index is 11.3. The van der Waals surface area contributed by atoms with Crippen LogP contribution in [0.5, 0.6) is 0 Å². The minimum atomic E-state index is -0.364. The van der Waals surface area contributed by atoms with Crippen molar-refractivity contribution in [1.29, 1.82) is 0 Å². The van der Waals surface area contributed by atoms with Gasteiger partial charge >= 0.3 is 0 Å². The summed E-state index contributed by atoms with van der Waals surface area (Å²) in [6, 6.07) is 16.6. The summed E-state index contributed by atoms with van der Waals surface area (Å²) in [5.74, 6) is 2.88. The van der Waals surface area contributed by atoms with Crippen molar-refractivity contribution in [3.8, 4) is 22.6 Å². The molecule has 2 heterocycles. The molecule has 0 atom stereocenters. The van der Waals surface area contributed by atoms with E-state index in [1.54, 1.807) is 12.1 Å². The molecule has 1 saturated heterocycles. The molecular formula is C22H22N4O2S. The third kappa shape index (κ3) is 4.46. The fourth-order valence-corrected chi connectivity index (χ4v) is 4.47. The molecule has 29 heavy (non-hydrogen) atoms. The predicted octanol–water partition coefficient (Wildman–Crippen LogP) is 4.58. The van der Waals surface area contributed by atoms with Gasteiger partial charge in [-0.1, -0.05) is 42.5 Å². The average molecular weight is 407 g/mol. The molecular weight excluding hydrogens is 384 g/mol. The van der Waals surface area contributed by atoms with Gasteiger partial charge in [0.15, 0.2) is 5.82 Å². The van der Waals surface area contributed by atoms with E-state index in [2.05, 4.69) is 4.90 Å². The van der Waals surface area contributed by atoms with Crippen LogP contribution in [0.15, 0.2) is 54.6 Å². The van der Waals surface area contributed by atoms with Gasteiger partial charge in [-0.15, -0.1) is 0 Å². The molecule has 2 aromatic carbocycles. The first kappa shape index (κ1) is 19.5. The lowest BCUT2D eigenvalue weighted by atomic mass is 10.0. The number of rotatable bonds is 5. The molecule has 1 aliphatic heterocycles. The Labute approximate surface area is 174 Å². The minimum absolute atomic E-state index is 0.0698. The number of nitrogens with zero attached hydrogens (tertiary/aromatic N) is 4. The molecule has 7 heteroatoms. The van der Waals surface area contributed by atoms with Crippen molar-refractivity contribution in [2.24, 2.45) is 0 Å². The summed E-state index contributed by atoms with van der Waals surface area (Å²) in [6.45, 7) is 4.81. The van der Waals surface area contributed by atoms with Crippen LogP contribution in [-0.4, -0.2) is 44.4 Å². The molecule has 0 spiro atoms. The Bertz CT molecular complexity index is 1020. The van der Waals surface area contributed by atoms with Crippen LogP contribution in [0.25, 0.3) is 22.6 Å². The first-order chi connectivity index (χ1) is 14.1. The third-order valence-corrected chi connectivity index (χ3v) is 6.00. The van der Waals surface area contributed by atoms with Gasteiger partial charge in [-0.25, -0.2) is 9.97 Å². The van der Waals surface area contributed by atoms with E-state index in [9.17, 15) is 10.1 Å². The Hall–Kier alpha value is -2.77. The van der Waals surface area contributed by atoms with Crippen molar-refractivity contribution < 1.29 is 4.92 Å². The summed E-state index contributed by atoms with van der Waals surface area (Å²) in [6.07, 6.45) is 0. The van der Waals surface area contributed by atoms with Gasteiger partial charge in [-0.3, -0.25) is 15.0 Å². The number of nitro benzene ring substituents is 1. The highest BCUT2D eigenvalue weighted by Gasteiger charge is 2.20. The van der Waals surface area contributed by atoms with Gasteiger partial charge in [0.05, 0.1) is 10.6 Å². The molecule has 0 bridgehead atoms. The van der Waals surface area contributed by atoms with E-state index < -0.39 is 0 Å². The summed E-state index contributed by atoms with van der Waals surface area (Å²) in [4.78, 5) is 23.0. The van der Waals surface area contributed by atoms with Gasteiger partial charge in [0.2, 0.25) is 0 Å². The molecule has 0 amide bonds. The Balaban J connectivity index is 1.83. The first-order valence-electron chi connectivity index (χ1n) is 9.59. The van der Waals surface area contributed by atoms with Crippen molar-refractivity contribution in [2.45, 2.75) is 13.5 Å². The van der Waals surface area contributed by atoms with E-state index in [0.29, 0.717) is 5.82 Å². The average Bonchev–Trinajstić information content (AvgIpc) is 2.76. The van der Waals surface area contributed by atoms with Crippen LogP contribution >= 0.6 is 11.8 Å². The van der Waals surface area contributed by atoms with Gasteiger partial charge in [0, 0.05) is 65.7 Å². The van der Waals surface area contributed by atoms with Crippen LogP contribution in [0.1, 0.15) is 11.3 Å². The van der Waals surface area contributed by atoms with E-state index in [0.717, 1.165) is 59.2 Å². The zero-order valence-corrected chi connectivity index (χ0v) is 17.1. The van der Waals surface area contributed by atoms with Crippen LogP contribution in [0.2, 0.25) is 0 Å². The first-order valence-corrected chi connectivity index (χ1v) is 10.7. The number of hydrogen-bond acceptors (Lipinski definition) is 6. The van der Waals surface area contributed by atoms with E-state index in [-0.39, 0.29) is 10.6 Å². The van der Waals surface area contributed by atoms with Gasteiger partial charge in [-0.05, 0) is 6.92 Å². The summed E-state index contributed by atoms with van der Waals surface area (Å²) < 4.78 is 0. The maximum atomic E-state index is 11.3. The number of benzene rings is 2. The normalized spacial score (nSPS) is 14.7. The van der Waals surface area contributed by atoms with Gasteiger partial charge in [-0.2, -0.15) is 11.8 Å². The second-order valence-corrected chi connectivity index (χ2v) is 8.25. The molecule has 1 aliphatic rings. The van der Waals surface area contributed by atoms with Crippen LogP contribution in [-0.2, 0) is 6.54 Å². The zero-order chi connectivity index (χ0) is 20.2. The Morgan fingerprint density at radius 2 is 1.76 bits per heavy atom. The smallest absolute Gasteiger partial charge is 0.270 e.